The van der Waals surface area contributed by atoms with Gasteiger partial charge in [0.1, 0.15) is 29.9 Å². The number of oxime groups is 1. The predicted octanol–water partition coefficient (Wildman–Crippen LogP) is 11.3. The smallest absolute Gasteiger partial charge is 0.410 e. The molecule has 4 aromatic carbocycles. The van der Waals surface area contributed by atoms with Gasteiger partial charge in [-0.2, -0.15) is 0 Å². The highest BCUT2D eigenvalue weighted by atomic mass is 16.7. The number of aliphatic hydroxyl groups is 2. The molecule has 1 fully saturated rings. The Bertz CT molecular complexity index is 2350. The molecule has 4 aromatic rings. The minimum Gasteiger partial charge on any atom is -0.459 e. The average Bonchev–Trinajstić information content (AvgIpc) is 3.34. The summed E-state index contributed by atoms with van der Waals surface area (Å²) in [6.45, 7) is 10.6. The zero-order chi connectivity index (χ0) is 47.2. The molecule has 3 aliphatic rings. The van der Waals surface area contributed by atoms with E-state index in [0.29, 0.717) is 60.8 Å². The zero-order valence-electron chi connectivity index (χ0n) is 38.4. The van der Waals surface area contributed by atoms with Crippen LogP contribution < -0.4 is 9.47 Å². The van der Waals surface area contributed by atoms with Gasteiger partial charge in [-0.3, -0.25) is 15.0 Å². The third kappa shape index (κ3) is 11.3. The van der Waals surface area contributed by atoms with Gasteiger partial charge < -0.3 is 34.0 Å². The van der Waals surface area contributed by atoms with Crippen molar-refractivity contribution in [2.24, 2.45) is 22.9 Å². The lowest BCUT2D eigenvalue weighted by atomic mass is 9.55. The Labute approximate surface area is 393 Å². The predicted molar refractivity (Wildman–Crippen MR) is 258 cm³/mol. The van der Waals surface area contributed by atoms with Crippen LogP contribution in [0.2, 0.25) is 0 Å². The Morgan fingerprint density at radius 3 is 2.33 bits per heavy atom. The number of carbonyl (C=O) groups is 1. The van der Waals surface area contributed by atoms with Crippen molar-refractivity contribution in [3.63, 3.8) is 0 Å². The van der Waals surface area contributed by atoms with E-state index in [9.17, 15) is 25.1 Å². The first-order chi connectivity index (χ1) is 32.7. The molecule has 1 saturated carbocycles. The molecule has 6 atom stereocenters. The quantitative estimate of drug-likeness (QED) is 0.0299. The second-order valence-electron chi connectivity index (χ2n) is 17.3. The first kappa shape index (κ1) is 48.6. The maximum absolute atomic E-state index is 14.4. The van der Waals surface area contributed by atoms with Crippen LogP contribution in [-0.4, -0.2) is 76.6 Å². The Hall–Kier alpha value is -6.28. The van der Waals surface area contributed by atoms with E-state index in [0.717, 1.165) is 47.9 Å². The minimum atomic E-state index is -1.46. The van der Waals surface area contributed by atoms with Gasteiger partial charge in [-0.05, 0) is 115 Å². The molecule has 2 aliphatic carbocycles. The fourth-order valence-electron chi connectivity index (χ4n) is 10.0. The van der Waals surface area contributed by atoms with Crippen LogP contribution in [0, 0.1) is 27.9 Å². The van der Waals surface area contributed by atoms with Crippen molar-refractivity contribution in [3.8, 4) is 28.4 Å². The molecular weight excluding hydrogens is 851 g/mol. The summed E-state index contributed by atoms with van der Waals surface area (Å²) in [6, 6.07) is 29.5. The molecule has 0 saturated heterocycles. The van der Waals surface area contributed by atoms with Gasteiger partial charge in [-0.25, -0.2) is 4.79 Å². The number of amides is 1. The second-order valence-corrected chi connectivity index (χ2v) is 17.3. The molecule has 0 radical (unpaired) electrons. The molecule has 1 aliphatic heterocycles. The first-order valence-corrected chi connectivity index (χ1v) is 23.6. The number of fused-ring (bicyclic) bond motifs is 2. The Morgan fingerprint density at radius 1 is 0.925 bits per heavy atom. The van der Waals surface area contributed by atoms with E-state index in [1.807, 2.05) is 61.5 Å². The summed E-state index contributed by atoms with van der Waals surface area (Å²) in [4.78, 5) is 33.2. The lowest BCUT2D eigenvalue weighted by Gasteiger charge is -2.59. The molecule has 7 rings (SSSR count). The number of benzene rings is 4. The van der Waals surface area contributed by atoms with Crippen molar-refractivity contribution in [2.75, 3.05) is 33.0 Å². The van der Waals surface area contributed by atoms with E-state index in [1.54, 1.807) is 29.2 Å². The summed E-state index contributed by atoms with van der Waals surface area (Å²) in [5, 5.41) is 36.2. The summed E-state index contributed by atoms with van der Waals surface area (Å²) < 4.78 is 26.9. The average molecular weight is 914 g/mol. The molecule has 13 heteroatoms. The van der Waals surface area contributed by atoms with Gasteiger partial charge in [-0.15, -0.1) is 13.2 Å². The standard InChI is InChI=1S/C54H63N3O10/c1-4-7-33-63-53(60)56(29-5-2)50-36-48(55-65-37-38-19-23-42(24-20-38)57(61)62)46-34-41(17-11-13-30-58)45(18-12-14-31-59)51-47-35-44(27-28-49(47)67-54(50,52(46)51)64-32-6-3)66-43-25-21-40(22-26-43)39-15-9-8-10-16-39/h4,6,8-10,15-16,19-28,34-35,41,45,50-52,58-59H,1,3,5,7,11-14,17-18,29-33,36-37H2,2H3. The number of ether oxygens (including phenoxy) is 4. The first-order valence-electron chi connectivity index (χ1n) is 23.6. The van der Waals surface area contributed by atoms with Crippen LogP contribution in [0.4, 0.5) is 10.5 Å². The molecule has 2 N–H and O–H groups in total. The molecule has 0 spiro atoms. The zero-order valence-corrected chi connectivity index (χ0v) is 38.4. The number of aliphatic hydroxyl groups excluding tert-OH is 2. The maximum atomic E-state index is 14.4. The highest BCUT2D eigenvalue weighted by molar-refractivity contribution is 6.03. The van der Waals surface area contributed by atoms with E-state index < -0.39 is 28.8 Å². The number of nitro groups is 1. The van der Waals surface area contributed by atoms with E-state index in [-0.39, 0.29) is 62.9 Å². The molecule has 0 bridgehead atoms. The minimum absolute atomic E-state index is 0.00829. The summed E-state index contributed by atoms with van der Waals surface area (Å²) in [6.07, 6.45) is 10.8. The molecule has 13 nitrogen and oxygen atoms in total. The van der Waals surface area contributed by atoms with E-state index in [2.05, 4.69) is 37.4 Å². The van der Waals surface area contributed by atoms with Crippen LogP contribution in [0.5, 0.6) is 17.2 Å². The largest absolute Gasteiger partial charge is 0.459 e. The van der Waals surface area contributed by atoms with E-state index in [4.69, 9.17) is 28.9 Å². The molecule has 354 valence electrons. The molecular formula is C54H63N3O10. The van der Waals surface area contributed by atoms with E-state index in [1.165, 1.54) is 12.1 Å². The van der Waals surface area contributed by atoms with E-state index >= 15 is 0 Å². The number of rotatable bonds is 24. The summed E-state index contributed by atoms with van der Waals surface area (Å²) in [7, 11) is 0. The summed E-state index contributed by atoms with van der Waals surface area (Å²) in [5.41, 5.74) is 5.29. The molecule has 1 heterocycles. The normalized spacial score (nSPS) is 22.0. The van der Waals surface area contributed by atoms with Gasteiger partial charge >= 0.3 is 6.09 Å². The lowest BCUT2D eigenvalue weighted by molar-refractivity contribution is -0.384. The van der Waals surface area contributed by atoms with Crippen molar-refractivity contribution >= 4 is 17.5 Å². The second kappa shape index (κ2) is 23.4. The molecule has 6 unspecified atom stereocenters. The number of hydrogen-bond acceptors (Lipinski definition) is 11. The van der Waals surface area contributed by atoms with Crippen molar-refractivity contribution in [1.82, 2.24) is 4.90 Å². The van der Waals surface area contributed by atoms with Gasteiger partial charge in [0.05, 0.1) is 29.8 Å². The highest BCUT2D eigenvalue weighted by Gasteiger charge is 2.65. The summed E-state index contributed by atoms with van der Waals surface area (Å²) >= 11 is 0. The number of non-ortho nitro benzene ring substituents is 1. The van der Waals surface area contributed by atoms with Crippen LogP contribution in [0.15, 0.2) is 139 Å². The van der Waals surface area contributed by atoms with Crippen LogP contribution >= 0.6 is 0 Å². The molecule has 67 heavy (non-hydrogen) atoms. The maximum Gasteiger partial charge on any atom is 0.410 e. The van der Waals surface area contributed by atoms with Crippen LogP contribution in [0.1, 0.15) is 81.8 Å². The van der Waals surface area contributed by atoms with Crippen LogP contribution in [-0.2, 0) is 20.9 Å². The van der Waals surface area contributed by atoms with Gasteiger partial charge in [0.15, 0.2) is 0 Å². The van der Waals surface area contributed by atoms with Crippen molar-refractivity contribution < 1.29 is 43.7 Å². The topological polar surface area (TPSA) is 162 Å². The summed E-state index contributed by atoms with van der Waals surface area (Å²) in [5.74, 6) is -0.317. The number of carbonyl (C=O) groups excluding carboxylic acids is 1. The third-order valence-corrected chi connectivity index (χ3v) is 13.0. The Morgan fingerprint density at radius 2 is 1.64 bits per heavy atom. The van der Waals surface area contributed by atoms with Gasteiger partial charge in [0.2, 0.25) is 5.79 Å². The van der Waals surface area contributed by atoms with Crippen molar-refractivity contribution in [3.05, 3.63) is 155 Å². The molecule has 0 aromatic heterocycles. The van der Waals surface area contributed by atoms with Crippen LogP contribution in [0.3, 0.4) is 0 Å². The number of hydrogen-bond donors (Lipinski definition) is 2. The number of unbranched alkanes of at least 4 members (excludes halogenated alkanes) is 2. The van der Waals surface area contributed by atoms with Crippen molar-refractivity contribution in [1.29, 1.82) is 0 Å². The van der Waals surface area contributed by atoms with Crippen molar-refractivity contribution in [2.45, 2.75) is 89.1 Å². The van der Waals surface area contributed by atoms with Crippen LogP contribution in [0.25, 0.3) is 11.1 Å². The Balaban J connectivity index is 1.38. The number of nitro benzene ring substituents is 1. The Kier molecular flexibility index (Phi) is 17.0. The fraction of sp³-hybridized carbons (Fsp3) is 0.407. The monoisotopic (exact) mass is 913 g/mol. The fourth-order valence-corrected chi connectivity index (χ4v) is 10.0. The molecule has 1 amide bonds. The number of allylic oxidation sites excluding steroid dienone is 1. The van der Waals surface area contributed by atoms with Gasteiger partial charge in [0.25, 0.3) is 5.69 Å². The van der Waals surface area contributed by atoms with Gasteiger partial charge in [-0.1, -0.05) is 85.6 Å². The third-order valence-electron chi connectivity index (χ3n) is 13.0. The SMILES string of the molecule is C=CCCOC(=O)N(CCC)C1CC(=NOCc2ccc([N+](=O)[O-])cc2)C2=CC(CCCCO)C(CCCCO)C3c4cc(Oc5ccc(-c6ccccc6)cc5)ccc4OC1(OCC=C)C23. The highest BCUT2D eigenvalue weighted by Crippen LogP contribution is 2.62. The number of nitrogens with zero attached hydrogens (tertiary/aromatic N) is 3. The van der Waals surface area contributed by atoms with Gasteiger partial charge in [0, 0.05) is 49.8 Å². The lowest BCUT2D eigenvalue weighted by Crippen LogP contribution is -2.70.